The van der Waals surface area contributed by atoms with Crippen molar-refractivity contribution in [2.45, 2.75) is 77.7 Å². The van der Waals surface area contributed by atoms with E-state index in [2.05, 4.69) is 14.9 Å². The Morgan fingerprint density at radius 2 is 1.69 bits per heavy atom. The SMILES string of the molecule is C1CCC(N2CCOCC2)CC1.CC.Nc1nc(Cl)nc2sc3c(c12)CCCC3. The zero-order valence-corrected chi connectivity index (χ0v) is 19.5. The van der Waals surface area contributed by atoms with Gasteiger partial charge in [0.1, 0.15) is 10.6 Å². The van der Waals surface area contributed by atoms with E-state index in [9.17, 15) is 0 Å². The molecule has 2 fully saturated rings. The van der Waals surface area contributed by atoms with Crippen LogP contribution in [0.1, 0.15) is 69.2 Å². The second-order valence-corrected chi connectivity index (χ2v) is 9.13. The van der Waals surface area contributed by atoms with E-state index in [1.807, 2.05) is 13.8 Å². The molecule has 1 saturated carbocycles. The first-order chi connectivity index (χ1) is 14.2. The van der Waals surface area contributed by atoms with Crippen molar-refractivity contribution in [3.05, 3.63) is 15.7 Å². The highest BCUT2D eigenvalue weighted by molar-refractivity contribution is 7.19. The Morgan fingerprint density at radius 1 is 1.00 bits per heavy atom. The number of nitrogens with zero attached hydrogens (tertiary/aromatic N) is 3. The number of aryl methyl sites for hydroxylation is 2. The molecule has 29 heavy (non-hydrogen) atoms. The van der Waals surface area contributed by atoms with Crippen molar-refractivity contribution < 1.29 is 4.74 Å². The second kappa shape index (κ2) is 11.4. The summed E-state index contributed by atoms with van der Waals surface area (Å²) < 4.78 is 5.35. The maximum absolute atomic E-state index is 5.90. The fourth-order valence-electron chi connectivity index (χ4n) is 4.55. The number of morpholine rings is 1. The number of fused-ring (bicyclic) bond motifs is 3. The molecule has 3 aliphatic rings. The van der Waals surface area contributed by atoms with E-state index in [1.165, 1.54) is 68.5 Å². The number of hydrogen-bond donors (Lipinski definition) is 1. The van der Waals surface area contributed by atoms with Gasteiger partial charge >= 0.3 is 0 Å². The number of halogens is 1. The Bertz CT molecular complexity index is 754. The smallest absolute Gasteiger partial charge is 0.225 e. The van der Waals surface area contributed by atoms with Crippen LogP contribution in [0.5, 0.6) is 0 Å². The normalized spacial score (nSPS) is 20.2. The quantitative estimate of drug-likeness (QED) is 0.597. The maximum Gasteiger partial charge on any atom is 0.225 e. The van der Waals surface area contributed by atoms with Crippen LogP contribution in [0.25, 0.3) is 10.2 Å². The topological polar surface area (TPSA) is 64.3 Å². The van der Waals surface area contributed by atoms with Gasteiger partial charge in [-0.25, -0.2) is 9.97 Å². The van der Waals surface area contributed by atoms with Crippen molar-refractivity contribution in [2.24, 2.45) is 0 Å². The number of ether oxygens (including phenoxy) is 1. The second-order valence-electron chi connectivity index (χ2n) is 7.71. The summed E-state index contributed by atoms with van der Waals surface area (Å²) in [5, 5.41) is 1.29. The summed E-state index contributed by atoms with van der Waals surface area (Å²) >= 11 is 7.50. The van der Waals surface area contributed by atoms with Crippen LogP contribution in [-0.2, 0) is 17.6 Å². The molecular weight excluding hydrogens is 404 g/mol. The molecule has 2 N–H and O–H groups in total. The number of rotatable bonds is 1. The van der Waals surface area contributed by atoms with Crippen LogP contribution >= 0.6 is 22.9 Å². The molecule has 0 aromatic carbocycles. The third-order valence-corrected chi connectivity index (χ3v) is 7.31. The lowest BCUT2D eigenvalue weighted by atomic mass is 9.94. The molecule has 2 aromatic rings. The molecule has 5 nitrogen and oxygen atoms in total. The number of hydrogen-bond acceptors (Lipinski definition) is 6. The molecule has 162 valence electrons. The maximum atomic E-state index is 5.90. The minimum Gasteiger partial charge on any atom is -0.383 e. The Morgan fingerprint density at radius 3 is 2.41 bits per heavy atom. The molecule has 0 unspecified atom stereocenters. The van der Waals surface area contributed by atoms with E-state index in [-0.39, 0.29) is 5.28 Å². The highest BCUT2D eigenvalue weighted by atomic mass is 35.5. The van der Waals surface area contributed by atoms with E-state index < -0.39 is 0 Å². The van der Waals surface area contributed by atoms with Crippen molar-refractivity contribution in [2.75, 3.05) is 32.0 Å². The summed E-state index contributed by atoms with van der Waals surface area (Å²) in [5.41, 5.74) is 7.25. The van der Waals surface area contributed by atoms with E-state index in [4.69, 9.17) is 22.1 Å². The van der Waals surface area contributed by atoms with Crippen molar-refractivity contribution in [1.82, 2.24) is 14.9 Å². The largest absolute Gasteiger partial charge is 0.383 e. The summed E-state index contributed by atoms with van der Waals surface area (Å²) in [7, 11) is 0. The third-order valence-electron chi connectivity index (χ3n) is 5.95. The highest BCUT2D eigenvalue weighted by Crippen LogP contribution is 2.38. The monoisotopic (exact) mass is 438 g/mol. The first kappa shape index (κ1) is 22.7. The fourth-order valence-corrected chi connectivity index (χ4v) is 6.04. The molecule has 2 aliphatic carbocycles. The van der Waals surface area contributed by atoms with Gasteiger partial charge in [0, 0.05) is 24.0 Å². The van der Waals surface area contributed by atoms with Crippen LogP contribution in [0.15, 0.2) is 0 Å². The van der Waals surface area contributed by atoms with E-state index in [0.29, 0.717) is 5.82 Å². The van der Waals surface area contributed by atoms with Crippen molar-refractivity contribution in [3.8, 4) is 0 Å². The summed E-state index contributed by atoms with van der Waals surface area (Å²) in [6.45, 7) is 8.25. The van der Waals surface area contributed by atoms with Gasteiger partial charge in [-0.15, -0.1) is 11.3 Å². The third kappa shape index (κ3) is 5.81. The van der Waals surface area contributed by atoms with Gasteiger partial charge in [-0.2, -0.15) is 0 Å². The molecule has 3 heterocycles. The van der Waals surface area contributed by atoms with Crippen molar-refractivity contribution in [1.29, 1.82) is 0 Å². The van der Waals surface area contributed by atoms with Crippen LogP contribution in [0.4, 0.5) is 5.82 Å². The summed E-state index contributed by atoms with van der Waals surface area (Å²) in [5.74, 6) is 0.532. The van der Waals surface area contributed by atoms with E-state index >= 15 is 0 Å². The van der Waals surface area contributed by atoms with Crippen LogP contribution in [0.2, 0.25) is 5.28 Å². The van der Waals surface area contributed by atoms with Gasteiger partial charge in [-0.05, 0) is 55.7 Å². The average Bonchev–Trinajstić information content (AvgIpc) is 3.15. The van der Waals surface area contributed by atoms with Crippen molar-refractivity contribution >= 4 is 39.0 Å². The molecule has 0 amide bonds. The Hall–Kier alpha value is -0.950. The predicted octanol–water partition coefficient (Wildman–Crippen LogP) is 5.48. The molecule has 1 aliphatic heterocycles. The van der Waals surface area contributed by atoms with E-state index in [1.54, 1.807) is 11.3 Å². The first-order valence-electron chi connectivity index (χ1n) is 11.3. The number of aromatic nitrogens is 2. The van der Waals surface area contributed by atoms with Gasteiger partial charge in [-0.3, -0.25) is 4.90 Å². The molecular formula is C22H35ClN4OS. The van der Waals surface area contributed by atoms with Gasteiger partial charge < -0.3 is 10.5 Å². The van der Waals surface area contributed by atoms with Gasteiger partial charge in [0.2, 0.25) is 5.28 Å². The number of anilines is 1. The highest BCUT2D eigenvalue weighted by Gasteiger charge is 2.22. The van der Waals surface area contributed by atoms with Crippen LogP contribution in [0.3, 0.4) is 0 Å². The fraction of sp³-hybridized carbons (Fsp3) is 0.727. The zero-order chi connectivity index (χ0) is 20.6. The molecule has 7 heteroatoms. The lowest BCUT2D eigenvalue weighted by Gasteiger charge is -2.36. The van der Waals surface area contributed by atoms with Crippen LogP contribution < -0.4 is 5.73 Å². The average molecular weight is 439 g/mol. The Kier molecular flexibility index (Phi) is 8.97. The lowest BCUT2D eigenvalue weighted by molar-refractivity contribution is 0.00858. The number of nitrogens with two attached hydrogens (primary N) is 1. The minimum absolute atomic E-state index is 0.249. The van der Waals surface area contributed by atoms with Crippen molar-refractivity contribution in [3.63, 3.8) is 0 Å². The molecule has 2 aromatic heterocycles. The molecule has 0 atom stereocenters. The number of nitrogen functional groups attached to an aromatic ring is 1. The first-order valence-corrected chi connectivity index (χ1v) is 12.5. The molecule has 1 saturated heterocycles. The van der Waals surface area contributed by atoms with E-state index in [0.717, 1.165) is 42.3 Å². The molecule has 0 radical (unpaired) electrons. The summed E-state index contributed by atoms with van der Waals surface area (Å²) in [4.78, 5) is 13.2. The van der Waals surface area contributed by atoms with Crippen LogP contribution in [-0.4, -0.2) is 47.2 Å². The molecule has 0 bridgehead atoms. The minimum atomic E-state index is 0.249. The number of thiophene rings is 1. The lowest BCUT2D eigenvalue weighted by Crippen LogP contribution is -2.44. The summed E-state index contributed by atoms with van der Waals surface area (Å²) in [6.07, 6.45) is 12.0. The van der Waals surface area contributed by atoms with Crippen LogP contribution in [0, 0.1) is 0 Å². The zero-order valence-electron chi connectivity index (χ0n) is 17.9. The van der Waals surface area contributed by atoms with Gasteiger partial charge in [-0.1, -0.05) is 33.1 Å². The van der Waals surface area contributed by atoms with Gasteiger partial charge in [0.25, 0.3) is 0 Å². The summed E-state index contributed by atoms with van der Waals surface area (Å²) in [6, 6.07) is 0.891. The van der Waals surface area contributed by atoms with Gasteiger partial charge in [0.15, 0.2) is 0 Å². The Labute approximate surface area is 184 Å². The molecule has 5 rings (SSSR count). The van der Waals surface area contributed by atoms with Gasteiger partial charge in [0.05, 0.1) is 18.6 Å². The Balaban J connectivity index is 0.000000156. The standard InChI is InChI=1S/C10H10ClN3S.C10H19NO.C2H6/c11-10-13-8(12)7-5-3-1-2-4-6(5)15-9(7)14-10;1-2-4-10(5-3-1)11-6-8-12-9-7-11;1-2/h1-4H2,(H2,12,13,14);10H,1-9H2;1-2H3. The molecule has 0 spiro atoms. The predicted molar refractivity (Wildman–Crippen MR) is 124 cm³/mol.